The van der Waals surface area contributed by atoms with E-state index in [4.69, 9.17) is 4.42 Å². The number of ketones is 1. The quantitative estimate of drug-likeness (QED) is 0.581. The molecule has 1 aromatic carbocycles. The molecule has 2 saturated heterocycles. The Balaban J connectivity index is 1.81. The second-order valence-corrected chi connectivity index (χ2v) is 8.50. The number of carbonyl (C=O) groups is 2. The van der Waals surface area contributed by atoms with E-state index < -0.39 is 6.04 Å². The average Bonchev–Trinajstić information content (AvgIpc) is 3.29. The molecule has 0 bridgehead atoms. The van der Waals surface area contributed by atoms with Crippen LogP contribution in [-0.2, 0) is 9.59 Å². The van der Waals surface area contributed by atoms with Crippen LogP contribution in [0.25, 0.3) is 0 Å². The lowest BCUT2D eigenvalue weighted by Crippen LogP contribution is -2.43. The van der Waals surface area contributed by atoms with E-state index in [-0.39, 0.29) is 18.1 Å². The van der Waals surface area contributed by atoms with Crippen LogP contribution in [0, 0.1) is 6.92 Å². The van der Waals surface area contributed by atoms with Gasteiger partial charge in [0.25, 0.3) is 5.91 Å². The number of hydrogen-bond donors (Lipinski definition) is 0. The third-order valence-electron chi connectivity index (χ3n) is 4.34. The summed E-state index contributed by atoms with van der Waals surface area (Å²) in [6.45, 7) is 2.01. The van der Waals surface area contributed by atoms with Crippen LogP contribution in [0.5, 0.6) is 0 Å². The van der Waals surface area contributed by atoms with Gasteiger partial charge in [-0.05, 0) is 31.2 Å². The molecule has 0 radical (unpaired) electrons. The summed E-state index contributed by atoms with van der Waals surface area (Å²) in [6.07, 6.45) is 1.82. The van der Waals surface area contributed by atoms with Gasteiger partial charge in [0.05, 0.1) is 10.5 Å². The second-order valence-electron chi connectivity index (χ2n) is 6.03. The monoisotopic (exact) mass is 371 g/mol. The normalized spacial score (nSPS) is 21.3. The summed E-state index contributed by atoms with van der Waals surface area (Å²) in [6, 6.07) is 11.0. The minimum Gasteiger partial charge on any atom is -0.467 e. The third-order valence-corrected chi connectivity index (χ3v) is 7.05. The Morgan fingerprint density at radius 1 is 1.08 bits per heavy atom. The Morgan fingerprint density at radius 3 is 2.44 bits per heavy atom. The number of piperidine rings is 1. The zero-order valence-electron chi connectivity index (χ0n) is 13.7. The molecule has 1 unspecified atom stereocenters. The summed E-state index contributed by atoms with van der Waals surface area (Å²) in [5, 5.41) is 0. The predicted octanol–water partition coefficient (Wildman–Crippen LogP) is 4.33. The van der Waals surface area contributed by atoms with Crippen LogP contribution in [0.3, 0.4) is 0 Å². The van der Waals surface area contributed by atoms with Gasteiger partial charge in [0.15, 0.2) is 5.78 Å². The topological polar surface area (TPSA) is 50.5 Å². The highest BCUT2D eigenvalue weighted by atomic mass is 32.2. The fraction of sp³-hybridized carbons (Fsp3) is 0.263. The Hall–Kier alpha value is -1.92. The fourth-order valence-corrected chi connectivity index (χ4v) is 5.68. The molecule has 128 valence electrons. The van der Waals surface area contributed by atoms with Crippen molar-refractivity contribution in [3.8, 4) is 0 Å². The van der Waals surface area contributed by atoms with Gasteiger partial charge >= 0.3 is 0 Å². The van der Waals surface area contributed by atoms with Gasteiger partial charge in [0.1, 0.15) is 17.4 Å². The van der Waals surface area contributed by atoms with Crippen LogP contribution in [0.2, 0.25) is 0 Å². The zero-order valence-corrected chi connectivity index (χ0v) is 15.4. The minimum absolute atomic E-state index is 0.0911. The maximum Gasteiger partial charge on any atom is 0.264 e. The summed E-state index contributed by atoms with van der Waals surface area (Å²) in [7, 11) is 0. The van der Waals surface area contributed by atoms with E-state index in [1.807, 2.05) is 37.3 Å². The molecule has 2 aromatic rings. The van der Waals surface area contributed by atoms with Crippen LogP contribution in [0.4, 0.5) is 5.69 Å². The molecule has 0 aliphatic carbocycles. The van der Waals surface area contributed by atoms with Gasteiger partial charge in [0, 0.05) is 23.6 Å². The summed E-state index contributed by atoms with van der Waals surface area (Å²) in [5.74, 6) is 2.20. The van der Waals surface area contributed by atoms with Gasteiger partial charge in [-0.1, -0.05) is 17.7 Å². The number of thioether (sulfide) groups is 2. The Morgan fingerprint density at radius 2 is 1.80 bits per heavy atom. The first-order chi connectivity index (χ1) is 12.1. The molecule has 1 aromatic heterocycles. The largest absolute Gasteiger partial charge is 0.467 e. The molecule has 1 amide bonds. The van der Waals surface area contributed by atoms with Crippen molar-refractivity contribution in [2.75, 3.05) is 16.4 Å². The SMILES string of the molecule is Cc1ccc(N2C(=O)C(=C3SCCS3)C(=O)CC2c2ccco2)cc1. The molecule has 4 nitrogen and oxygen atoms in total. The number of furan rings is 1. The third kappa shape index (κ3) is 3.04. The molecule has 2 aliphatic rings. The first-order valence-electron chi connectivity index (χ1n) is 8.12. The molecular formula is C19H17NO3S2. The van der Waals surface area contributed by atoms with Crippen LogP contribution in [0.15, 0.2) is 56.9 Å². The maximum absolute atomic E-state index is 13.3. The van der Waals surface area contributed by atoms with E-state index in [0.717, 1.165) is 27.0 Å². The molecular weight excluding hydrogens is 354 g/mol. The van der Waals surface area contributed by atoms with Crippen molar-refractivity contribution >= 4 is 40.9 Å². The van der Waals surface area contributed by atoms with Crippen molar-refractivity contribution in [3.05, 3.63) is 63.8 Å². The van der Waals surface area contributed by atoms with Gasteiger partial charge in [0.2, 0.25) is 0 Å². The second kappa shape index (κ2) is 6.77. The summed E-state index contributed by atoms with van der Waals surface area (Å²) < 4.78 is 6.40. The van der Waals surface area contributed by atoms with Gasteiger partial charge in [-0.3, -0.25) is 14.5 Å². The Kier molecular flexibility index (Phi) is 4.48. The highest BCUT2D eigenvalue weighted by Gasteiger charge is 2.42. The van der Waals surface area contributed by atoms with E-state index in [9.17, 15) is 9.59 Å². The number of Topliss-reactive ketones (excluding diaryl/α,β-unsaturated/α-hetero) is 1. The van der Waals surface area contributed by atoms with E-state index in [0.29, 0.717) is 11.3 Å². The zero-order chi connectivity index (χ0) is 17.4. The lowest BCUT2D eigenvalue weighted by molar-refractivity contribution is -0.124. The number of carbonyl (C=O) groups excluding carboxylic acids is 2. The van der Waals surface area contributed by atoms with Crippen LogP contribution in [0.1, 0.15) is 23.8 Å². The standard InChI is InChI=1S/C19H17NO3S2/c1-12-4-6-13(7-5-12)20-14(16-3-2-8-23-16)11-15(21)17(18(20)22)19-24-9-10-25-19/h2-8,14H,9-11H2,1H3. The van der Waals surface area contributed by atoms with E-state index in [2.05, 4.69) is 0 Å². The summed E-state index contributed by atoms with van der Waals surface area (Å²) in [4.78, 5) is 27.8. The lowest BCUT2D eigenvalue weighted by atomic mass is 9.94. The predicted molar refractivity (Wildman–Crippen MR) is 102 cm³/mol. The lowest BCUT2D eigenvalue weighted by Gasteiger charge is -2.35. The van der Waals surface area contributed by atoms with Crippen LogP contribution < -0.4 is 4.90 Å². The highest BCUT2D eigenvalue weighted by Crippen LogP contribution is 2.44. The van der Waals surface area contributed by atoms with Crippen LogP contribution in [-0.4, -0.2) is 23.2 Å². The molecule has 25 heavy (non-hydrogen) atoms. The molecule has 3 heterocycles. The van der Waals surface area contributed by atoms with Crippen molar-refractivity contribution in [1.29, 1.82) is 0 Å². The molecule has 2 fully saturated rings. The van der Waals surface area contributed by atoms with Crippen molar-refractivity contribution in [3.63, 3.8) is 0 Å². The Labute approximate surface area is 154 Å². The molecule has 4 rings (SSSR count). The molecule has 0 N–H and O–H groups in total. The van der Waals surface area contributed by atoms with Gasteiger partial charge < -0.3 is 4.42 Å². The molecule has 0 saturated carbocycles. The van der Waals surface area contributed by atoms with Crippen molar-refractivity contribution in [2.45, 2.75) is 19.4 Å². The number of hydrogen-bond acceptors (Lipinski definition) is 5. The average molecular weight is 371 g/mol. The molecule has 1 atom stereocenters. The van der Waals surface area contributed by atoms with Gasteiger partial charge in [-0.15, -0.1) is 23.5 Å². The van der Waals surface area contributed by atoms with E-state index in [1.165, 1.54) is 0 Å². The number of anilines is 1. The summed E-state index contributed by atoms with van der Waals surface area (Å²) >= 11 is 3.21. The molecule has 0 spiro atoms. The first kappa shape index (κ1) is 16.5. The van der Waals surface area contributed by atoms with E-state index >= 15 is 0 Å². The number of benzene rings is 1. The number of rotatable bonds is 2. The van der Waals surface area contributed by atoms with E-state index in [1.54, 1.807) is 40.8 Å². The van der Waals surface area contributed by atoms with Crippen molar-refractivity contribution in [2.24, 2.45) is 0 Å². The maximum atomic E-state index is 13.3. The van der Waals surface area contributed by atoms with Gasteiger partial charge in [-0.25, -0.2) is 0 Å². The van der Waals surface area contributed by atoms with Crippen molar-refractivity contribution in [1.82, 2.24) is 0 Å². The first-order valence-corrected chi connectivity index (χ1v) is 10.1. The smallest absolute Gasteiger partial charge is 0.264 e. The number of amides is 1. The molecule has 6 heteroatoms. The summed E-state index contributed by atoms with van der Waals surface area (Å²) in [5.41, 5.74) is 2.26. The van der Waals surface area contributed by atoms with Crippen LogP contribution >= 0.6 is 23.5 Å². The minimum atomic E-state index is -0.404. The molecule has 2 aliphatic heterocycles. The highest BCUT2D eigenvalue weighted by molar-refractivity contribution is 8.25. The number of aryl methyl sites for hydroxylation is 1. The Bertz CT molecular complexity index is 832. The van der Waals surface area contributed by atoms with Crippen molar-refractivity contribution < 1.29 is 14.0 Å². The number of nitrogens with zero attached hydrogens (tertiary/aromatic N) is 1. The fourth-order valence-electron chi connectivity index (χ4n) is 3.12. The van der Waals surface area contributed by atoms with Gasteiger partial charge in [-0.2, -0.15) is 0 Å².